The molecule has 0 aliphatic rings. The van der Waals surface area contributed by atoms with Gasteiger partial charge >= 0.3 is 0 Å². The molecule has 3 aromatic carbocycles. The van der Waals surface area contributed by atoms with Gasteiger partial charge in [-0.3, -0.25) is 0 Å². The molecular formula is C22H14Cl3NO. The van der Waals surface area contributed by atoms with Crippen molar-refractivity contribution >= 4 is 46.5 Å². The molecule has 3 rings (SSSR count). The second kappa shape index (κ2) is 8.97. The third-order valence-corrected chi connectivity index (χ3v) is 4.65. The molecule has 0 atom stereocenters. The van der Waals surface area contributed by atoms with Crippen molar-refractivity contribution in [1.82, 2.24) is 0 Å². The van der Waals surface area contributed by atoms with Crippen LogP contribution in [0.5, 0.6) is 5.75 Å². The Bertz CT molecular complexity index is 983. The van der Waals surface area contributed by atoms with Crippen molar-refractivity contribution in [3.05, 3.63) is 98.5 Å². The minimum atomic E-state index is 0.365. The van der Waals surface area contributed by atoms with E-state index in [-0.39, 0.29) is 0 Å². The first-order valence-corrected chi connectivity index (χ1v) is 9.23. The van der Waals surface area contributed by atoms with Gasteiger partial charge in [-0.25, -0.2) is 0 Å². The monoisotopic (exact) mass is 413 g/mol. The summed E-state index contributed by atoms with van der Waals surface area (Å²) in [4.78, 5) is 0. The lowest BCUT2D eigenvalue weighted by molar-refractivity contribution is 0.306. The van der Waals surface area contributed by atoms with Gasteiger partial charge < -0.3 is 4.74 Å². The van der Waals surface area contributed by atoms with Crippen LogP contribution in [0.4, 0.5) is 0 Å². The number of halogens is 3. The summed E-state index contributed by atoms with van der Waals surface area (Å²) in [6.45, 7) is 0.365. The third kappa shape index (κ3) is 5.05. The van der Waals surface area contributed by atoms with Crippen LogP contribution in [0.3, 0.4) is 0 Å². The number of ether oxygens (including phenoxy) is 1. The molecule has 0 bridgehead atoms. The summed E-state index contributed by atoms with van der Waals surface area (Å²) in [7, 11) is 0. The second-order valence-electron chi connectivity index (χ2n) is 5.76. The molecule has 0 heterocycles. The zero-order valence-electron chi connectivity index (χ0n) is 14.1. The first-order chi connectivity index (χ1) is 13.1. The van der Waals surface area contributed by atoms with Gasteiger partial charge in [0.1, 0.15) is 6.61 Å². The van der Waals surface area contributed by atoms with Crippen molar-refractivity contribution in [2.75, 3.05) is 0 Å². The van der Waals surface area contributed by atoms with Crippen LogP contribution in [-0.4, -0.2) is 0 Å². The predicted octanol–water partition coefficient (Wildman–Crippen LogP) is 7.29. The standard InChI is InChI=1S/C22H14Cl3NO/c23-19-8-6-17(7-9-19)18(13-26)10-16-11-20(24)22(21(25)12-16)27-14-15-4-2-1-3-5-15/h1-12H,14H2/b18-10+. The van der Waals surface area contributed by atoms with E-state index in [4.69, 9.17) is 39.5 Å². The van der Waals surface area contributed by atoms with Gasteiger partial charge in [0.25, 0.3) is 0 Å². The fraction of sp³-hybridized carbons (Fsp3) is 0.0455. The van der Waals surface area contributed by atoms with Crippen molar-refractivity contribution in [3.63, 3.8) is 0 Å². The van der Waals surface area contributed by atoms with Crippen LogP contribution < -0.4 is 4.74 Å². The minimum absolute atomic E-state index is 0.365. The van der Waals surface area contributed by atoms with E-state index >= 15 is 0 Å². The van der Waals surface area contributed by atoms with E-state index in [2.05, 4.69) is 6.07 Å². The van der Waals surface area contributed by atoms with E-state index < -0.39 is 0 Å². The van der Waals surface area contributed by atoms with Gasteiger partial charge in [-0.05, 0) is 47.0 Å². The van der Waals surface area contributed by atoms with Crippen LogP contribution in [0.25, 0.3) is 11.6 Å². The topological polar surface area (TPSA) is 33.0 Å². The highest BCUT2D eigenvalue weighted by Crippen LogP contribution is 2.36. The van der Waals surface area contributed by atoms with Crippen molar-refractivity contribution in [2.24, 2.45) is 0 Å². The van der Waals surface area contributed by atoms with Crippen molar-refractivity contribution < 1.29 is 4.74 Å². The fourth-order valence-corrected chi connectivity index (χ4v) is 3.25. The highest BCUT2D eigenvalue weighted by molar-refractivity contribution is 6.37. The molecular weight excluding hydrogens is 401 g/mol. The molecule has 0 radical (unpaired) electrons. The molecule has 134 valence electrons. The smallest absolute Gasteiger partial charge is 0.157 e. The summed E-state index contributed by atoms with van der Waals surface area (Å²) in [6, 6.07) is 22.4. The molecule has 0 aliphatic heterocycles. The van der Waals surface area contributed by atoms with E-state index in [1.807, 2.05) is 30.3 Å². The predicted molar refractivity (Wildman–Crippen MR) is 112 cm³/mol. The zero-order valence-corrected chi connectivity index (χ0v) is 16.4. The molecule has 0 N–H and O–H groups in total. The van der Waals surface area contributed by atoms with Gasteiger partial charge in [-0.2, -0.15) is 5.26 Å². The average Bonchev–Trinajstić information content (AvgIpc) is 2.67. The summed E-state index contributed by atoms with van der Waals surface area (Å²) in [5.41, 5.74) is 2.97. The van der Waals surface area contributed by atoms with Crippen molar-refractivity contribution in [1.29, 1.82) is 5.26 Å². The molecule has 0 unspecified atom stereocenters. The Morgan fingerprint density at radius 2 is 1.56 bits per heavy atom. The van der Waals surface area contributed by atoms with Gasteiger partial charge in [-0.15, -0.1) is 0 Å². The summed E-state index contributed by atoms with van der Waals surface area (Å²) >= 11 is 18.6. The zero-order chi connectivity index (χ0) is 19.2. The van der Waals surface area contributed by atoms with Gasteiger partial charge in [-0.1, -0.05) is 77.3 Å². The van der Waals surface area contributed by atoms with Crippen LogP contribution in [0.15, 0.2) is 66.7 Å². The molecule has 0 spiro atoms. The highest BCUT2D eigenvalue weighted by Gasteiger charge is 2.10. The van der Waals surface area contributed by atoms with Gasteiger partial charge in [0.05, 0.1) is 21.7 Å². The number of rotatable bonds is 5. The van der Waals surface area contributed by atoms with E-state index in [1.54, 1.807) is 42.5 Å². The minimum Gasteiger partial charge on any atom is -0.486 e. The lowest BCUT2D eigenvalue weighted by atomic mass is 10.0. The number of hydrogen-bond acceptors (Lipinski definition) is 2. The number of allylic oxidation sites excluding steroid dienone is 1. The Balaban J connectivity index is 1.85. The normalized spacial score (nSPS) is 11.1. The average molecular weight is 415 g/mol. The van der Waals surface area contributed by atoms with E-state index in [0.29, 0.717) is 38.6 Å². The van der Waals surface area contributed by atoms with Gasteiger partial charge in [0.15, 0.2) is 5.75 Å². The molecule has 0 saturated heterocycles. The Labute approximate surface area is 173 Å². The number of benzene rings is 3. The summed E-state index contributed by atoms with van der Waals surface area (Å²) < 4.78 is 5.77. The van der Waals surface area contributed by atoms with Crippen LogP contribution >= 0.6 is 34.8 Å². The lowest BCUT2D eigenvalue weighted by Gasteiger charge is -2.11. The number of nitriles is 1. The largest absolute Gasteiger partial charge is 0.486 e. The molecule has 0 aromatic heterocycles. The van der Waals surface area contributed by atoms with E-state index in [0.717, 1.165) is 11.1 Å². The van der Waals surface area contributed by atoms with Crippen molar-refractivity contribution in [2.45, 2.75) is 6.61 Å². The molecule has 27 heavy (non-hydrogen) atoms. The molecule has 2 nitrogen and oxygen atoms in total. The Kier molecular flexibility index (Phi) is 6.42. The van der Waals surface area contributed by atoms with Crippen LogP contribution in [0.2, 0.25) is 15.1 Å². The number of nitrogens with zero attached hydrogens (tertiary/aromatic N) is 1. The lowest BCUT2D eigenvalue weighted by Crippen LogP contribution is -1.96. The first kappa shape index (κ1) is 19.3. The van der Waals surface area contributed by atoms with Crippen LogP contribution in [0.1, 0.15) is 16.7 Å². The summed E-state index contributed by atoms with van der Waals surface area (Å²) in [6.07, 6.45) is 1.72. The van der Waals surface area contributed by atoms with Gasteiger partial charge in [0.2, 0.25) is 0 Å². The number of hydrogen-bond donors (Lipinski definition) is 0. The van der Waals surface area contributed by atoms with E-state index in [1.165, 1.54) is 0 Å². The first-order valence-electron chi connectivity index (χ1n) is 8.10. The molecule has 0 aliphatic carbocycles. The van der Waals surface area contributed by atoms with Crippen LogP contribution in [0, 0.1) is 11.3 Å². The van der Waals surface area contributed by atoms with Crippen molar-refractivity contribution in [3.8, 4) is 11.8 Å². The maximum atomic E-state index is 9.47. The third-order valence-electron chi connectivity index (χ3n) is 3.83. The SMILES string of the molecule is N#C/C(=C\c1cc(Cl)c(OCc2ccccc2)c(Cl)c1)c1ccc(Cl)cc1. The van der Waals surface area contributed by atoms with E-state index in [9.17, 15) is 5.26 Å². The molecule has 0 fully saturated rings. The van der Waals surface area contributed by atoms with Gasteiger partial charge in [0, 0.05) is 5.02 Å². The molecule has 0 amide bonds. The fourth-order valence-electron chi connectivity index (χ4n) is 2.51. The second-order valence-corrected chi connectivity index (χ2v) is 7.02. The summed E-state index contributed by atoms with van der Waals surface area (Å²) in [5.74, 6) is 0.421. The Morgan fingerprint density at radius 3 is 2.15 bits per heavy atom. The maximum absolute atomic E-state index is 9.47. The highest BCUT2D eigenvalue weighted by atomic mass is 35.5. The maximum Gasteiger partial charge on any atom is 0.157 e. The van der Waals surface area contributed by atoms with Crippen LogP contribution in [-0.2, 0) is 6.61 Å². The molecule has 3 aromatic rings. The Morgan fingerprint density at radius 1 is 0.926 bits per heavy atom. The molecule has 0 saturated carbocycles. The summed E-state index contributed by atoms with van der Waals surface area (Å²) in [5, 5.41) is 10.9. The molecule has 5 heteroatoms. The Hall–Kier alpha value is -2.44. The quantitative estimate of drug-likeness (QED) is 0.324.